The fraction of sp³-hybridized carbons (Fsp3) is 0.364. The predicted molar refractivity (Wildman–Crippen MR) is 103 cm³/mol. The van der Waals surface area contributed by atoms with Crippen LogP contribution in [0.15, 0.2) is 65.7 Å². The fourth-order valence-corrected chi connectivity index (χ4v) is 3.50. The molecule has 130 valence electrons. The van der Waals surface area contributed by atoms with Gasteiger partial charge >= 0.3 is 0 Å². The summed E-state index contributed by atoms with van der Waals surface area (Å²) in [5.74, 6) is -0.176. The van der Waals surface area contributed by atoms with Gasteiger partial charge < -0.3 is 0 Å². The highest BCUT2D eigenvalue weighted by Crippen LogP contribution is 2.26. The number of nitrogens with zero attached hydrogens (tertiary/aromatic N) is 2. The van der Waals surface area contributed by atoms with Gasteiger partial charge in [0.25, 0.3) is 5.91 Å². The summed E-state index contributed by atoms with van der Waals surface area (Å²) in [4.78, 5) is 19.8. The second-order valence-electron chi connectivity index (χ2n) is 7.10. The predicted octanol–water partition coefficient (Wildman–Crippen LogP) is 4.58. The average Bonchev–Trinajstić information content (AvgIpc) is 2.68. The van der Waals surface area contributed by atoms with E-state index < -0.39 is 0 Å². The van der Waals surface area contributed by atoms with Crippen molar-refractivity contribution < 1.29 is 4.79 Å². The van der Waals surface area contributed by atoms with E-state index in [2.05, 4.69) is 23.7 Å². The molecule has 0 aliphatic carbocycles. The third kappa shape index (κ3) is 4.05. The first-order valence-electron chi connectivity index (χ1n) is 9.08. The van der Waals surface area contributed by atoms with E-state index in [1.165, 1.54) is 19.3 Å². The summed E-state index contributed by atoms with van der Waals surface area (Å²) < 4.78 is 0. The van der Waals surface area contributed by atoms with Crippen LogP contribution in [0.3, 0.4) is 0 Å². The van der Waals surface area contributed by atoms with E-state index >= 15 is 0 Å². The van der Waals surface area contributed by atoms with Gasteiger partial charge in [-0.2, -0.15) is 0 Å². The molecular weight excluding hydrogens is 308 g/mol. The Bertz CT molecular complexity index is 729. The van der Waals surface area contributed by atoms with E-state index in [-0.39, 0.29) is 11.4 Å². The van der Waals surface area contributed by atoms with Gasteiger partial charge in [0.05, 0.1) is 11.3 Å². The average molecular weight is 334 g/mol. The maximum atomic E-state index is 12.8. The van der Waals surface area contributed by atoms with Crippen LogP contribution in [-0.4, -0.2) is 35.1 Å². The summed E-state index contributed by atoms with van der Waals surface area (Å²) in [6.07, 6.45) is 3.70. The molecular formula is C22H26N2O. The van der Waals surface area contributed by atoms with Crippen molar-refractivity contribution in [1.82, 2.24) is 4.90 Å². The summed E-state index contributed by atoms with van der Waals surface area (Å²) >= 11 is 0. The van der Waals surface area contributed by atoms with E-state index in [0.29, 0.717) is 5.56 Å². The molecule has 1 fully saturated rings. The highest BCUT2D eigenvalue weighted by molar-refractivity contribution is 6.14. The van der Waals surface area contributed by atoms with Crippen LogP contribution in [0.2, 0.25) is 0 Å². The number of likely N-dealkylation sites (tertiary alicyclic amines) is 1. The number of piperidine rings is 1. The van der Waals surface area contributed by atoms with Crippen LogP contribution in [-0.2, 0) is 0 Å². The van der Waals surface area contributed by atoms with Crippen molar-refractivity contribution >= 4 is 11.6 Å². The van der Waals surface area contributed by atoms with Gasteiger partial charge in [0.2, 0.25) is 0 Å². The molecule has 0 N–H and O–H groups in total. The van der Waals surface area contributed by atoms with Crippen molar-refractivity contribution in [2.24, 2.45) is 4.99 Å². The lowest BCUT2D eigenvalue weighted by Crippen LogP contribution is -2.52. The van der Waals surface area contributed by atoms with E-state index in [4.69, 9.17) is 0 Å². The molecule has 3 rings (SSSR count). The van der Waals surface area contributed by atoms with Crippen LogP contribution in [0, 0.1) is 0 Å². The Morgan fingerprint density at radius 2 is 1.36 bits per heavy atom. The van der Waals surface area contributed by atoms with Crippen molar-refractivity contribution in [2.45, 2.75) is 38.6 Å². The molecule has 3 heteroatoms. The van der Waals surface area contributed by atoms with E-state index in [1.54, 1.807) is 0 Å². The minimum absolute atomic E-state index is 0.176. The molecule has 0 saturated carbocycles. The molecule has 25 heavy (non-hydrogen) atoms. The monoisotopic (exact) mass is 334 g/mol. The number of hydrogen-bond donors (Lipinski definition) is 0. The Morgan fingerprint density at radius 3 is 1.92 bits per heavy atom. The number of hydrogen-bond acceptors (Lipinski definition) is 2. The van der Waals surface area contributed by atoms with Crippen LogP contribution in [0.5, 0.6) is 0 Å². The van der Waals surface area contributed by atoms with Crippen LogP contribution < -0.4 is 0 Å². The molecule has 0 unspecified atom stereocenters. The molecule has 2 aromatic rings. The number of carbonyl (C=O) groups is 1. The number of rotatable bonds is 4. The van der Waals surface area contributed by atoms with Crippen LogP contribution in [0.1, 0.15) is 49.0 Å². The number of carbonyl (C=O) groups excluding carboxylic acids is 1. The zero-order valence-corrected chi connectivity index (χ0v) is 15.1. The smallest absolute Gasteiger partial charge is 0.277 e. The second-order valence-corrected chi connectivity index (χ2v) is 7.10. The number of aliphatic imine (C=N–C) groups is 1. The molecule has 1 amide bonds. The van der Waals surface area contributed by atoms with Gasteiger partial charge in [-0.1, -0.05) is 55.0 Å². The summed E-state index contributed by atoms with van der Waals surface area (Å²) in [6.45, 7) is 6.47. The highest BCUT2D eigenvalue weighted by atomic mass is 16.1. The summed E-state index contributed by atoms with van der Waals surface area (Å²) in [5.41, 5.74) is 2.21. The van der Waals surface area contributed by atoms with Gasteiger partial charge in [-0.05, 0) is 57.5 Å². The summed E-state index contributed by atoms with van der Waals surface area (Å²) in [7, 11) is 0. The maximum absolute atomic E-state index is 12.8. The molecule has 1 aliphatic heterocycles. The minimum atomic E-state index is -0.286. The summed E-state index contributed by atoms with van der Waals surface area (Å²) in [6, 6.07) is 19.4. The molecule has 2 aromatic carbocycles. The lowest BCUT2D eigenvalue weighted by molar-refractivity contribution is 0.0997. The van der Waals surface area contributed by atoms with Gasteiger partial charge in [-0.3, -0.25) is 9.69 Å². The SMILES string of the molecule is CC(C)(C(=NC(=O)c1ccccc1)c1ccccc1)N1CCCCC1. The Kier molecular flexibility index (Phi) is 5.44. The van der Waals surface area contributed by atoms with E-state index in [1.807, 2.05) is 60.7 Å². The summed E-state index contributed by atoms with van der Waals surface area (Å²) in [5, 5.41) is 0. The lowest BCUT2D eigenvalue weighted by atomic mass is 9.88. The largest absolute Gasteiger partial charge is 0.293 e. The van der Waals surface area contributed by atoms with Gasteiger partial charge in [-0.15, -0.1) is 0 Å². The Balaban J connectivity index is 2.01. The fourth-order valence-electron chi connectivity index (χ4n) is 3.50. The molecule has 1 aliphatic rings. The Hall–Kier alpha value is -2.26. The van der Waals surface area contributed by atoms with E-state index in [9.17, 15) is 4.79 Å². The normalized spacial score (nSPS) is 16.6. The Morgan fingerprint density at radius 1 is 0.840 bits per heavy atom. The molecule has 1 saturated heterocycles. The van der Waals surface area contributed by atoms with Crippen LogP contribution >= 0.6 is 0 Å². The van der Waals surface area contributed by atoms with E-state index in [0.717, 1.165) is 24.4 Å². The molecule has 0 bridgehead atoms. The third-order valence-electron chi connectivity index (χ3n) is 5.01. The highest BCUT2D eigenvalue weighted by Gasteiger charge is 2.34. The number of amides is 1. The minimum Gasteiger partial charge on any atom is -0.293 e. The molecule has 3 nitrogen and oxygen atoms in total. The quantitative estimate of drug-likeness (QED) is 0.767. The molecule has 1 heterocycles. The number of benzene rings is 2. The first kappa shape index (κ1) is 17.6. The first-order chi connectivity index (χ1) is 12.1. The second kappa shape index (κ2) is 7.75. The van der Waals surface area contributed by atoms with Crippen molar-refractivity contribution in [3.8, 4) is 0 Å². The maximum Gasteiger partial charge on any atom is 0.277 e. The van der Waals surface area contributed by atoms with Crippen molar-refractivity contribution in [3.05, 3.63) is 71.8 Å². The van der Waals surface area contributed by atoms with Crippen molar-refractivity contribution in [3.63, 3.8) is 0 Å². The molecule has 0 aromatic heterocycles. The standard InChI is InChI=1S/C22H26N2O/c1-22(2,24-16-10-5-11-17-24)20(18-12-6-3-7-13-18)23-21(25)19-14-8-4-9-15-19/h3-4,6-9,12-15H,5,10-11,16-17H2,1-2H3. The lowest BCUT2D eigenvalue weighted by Gasteiger charge is -2.41. The van der Waals surface area contributed by atoms with Gasteiger partial charge in [-0.25, -0.2) is 4.99 Å². The topological polar surface area (TPSA) is 32.7 Å². The van der Waals surface area contributed by atoms with Gasteiger partial charge in [0, 0.05) is 5.56 Å². The van der Waals surface area contributed by atoms with Crippen molar-refractivity contribution in [2.75, 3.05) is 13.1 Å². The third-order valence-corrected chi connectivity index (χ3v) is 5.01. The first-order valence-corrected chi connectivity index (χ1v) is 9.08. The molecule has 0 atom stereocenters. The van der Waals surface area contributed by atoms with Gasteiger partial charge in [0.1, 0.15) is 0 Å². The van der Waals surface area contributed by atoms with Crippen LogP contribution in [0.4, 0.5) is 0 Å². The molecule has 0 radical (unpaired) electrons. The van der Waals surface area contributed by atoms with Gasteiger partial charge in [0.15, 0.2) is 0 Å². The van der Waals surface area contributed by atoms with Crippen LogP contribution in [0.25, 0.3) is 0 Å². The Labute approximate surface area is 150 Å². The zero-order chi connectivity index (χ0) is 17.7. The zero-order valence-electron chi connectivity index (χ0n) is 15.1. The molecule has 0 spiro atoms. The van der Waals surface area contributed by atoms with Crippen molar-refractivity contribution in [1.29, 1.82) is 0 Å².